The van der Waals surface area contributed by atoms with Gasteiger partial charge < -0.3 is 14.9 Å². The van der Waals surface area contributed by atoms with Gasteiger partial charge in [0.1, 0.15) is 5.82 Å². The van der Waals surface area contributed by atoms with E-state index in [-0.39, 0.29) is 5.91 Å². The second kappa shape index (κ2) is 6.38. The molecule has 1 aliphatic heterocycles. The highest BCUT2D eigenvalue weighted by Gasteiger charge is 2.21. The second-order valence-corrected chi connectivity index (χ2v) is 6.03. The van der Waals surface area contributed by atoms with Gasteiger partial charge in [0, 0.05) is 33.4 Å². The van der Waals surface area contributed by atoms with Crippen molar-refractivity contribution in [2.24, 2.45) is 0 Å². The number of carbonyl (C=O) groups excluding carboxylic acids is 1. The molecular formula is C18H21N3O2. The van der Waals surface area contributed by atoms with Gasteiger partial charge in [0.05, 0.1) is 11.7 Å². The van der Waals surface area contributed by atoms with E-state index in [0.29, 0.717) is 18.5 Å². The van der Waals surface area contributed by atoms with E-state index >= 15 is 0 Å². The van der Waals surface area contributed by atoms with Crippen LogP contribution in [0.3, 0.4) is 0 Å². The quantitative estimate of drug-likeness (QED) is 0.924. The zero-order chi connectivity index (χ0) is 16.4. The van der Waals surface area contributed by atoms with E-state index in [4.69, 9.17) is 0 Å². The number of aromatic nitrogens is 1. The van der Waals surface area contributed by atoms with Crippen molar-refractivity contribution in [3.8, 4) is 0 Å². The second-order valence-electron chi connectivity index (χ2n) is 6.03. The molecular weight excluding hydrogens is 290 g/mol. The number of fused-ring (bicyclic) bond motifs is 1. The number of amides is 1. The molecule has 1 unspecified atom stereocenters. The van der Waals surface area contributed by atoms with E-state index in [1.807, 2.05) is 30.3 Å². The fraction of sp³-hybridized carbons (Fsp3) is 0.333. The van der Waals surface area contributed by atoms with Gasteiger partial charge in [-0.05, 0) is 29.7 Å². The molecule has 0 fully saturated rings. The van der Waals surface area contributed by atoms with E-state index in [1.165, 1.54) is 4.90 Å². The summed E-state index contributed by atoms with van der Waals surface area (Å²) in [6.07, 6.45) is 1.84. The summed E-state index contributed by atoms with van der Waals surface area (Å²) in [7, 11) is 3.45. The maximum atomic E-state index is 11.9. The molecule has 0 radical (unpaired) electrons. The van der Waals surface area contributed by atoms with E-state index in [0.717, 1.165) is 23.5 Å². The topological polar surface area (TPSA) is 56.7 Å². The molecule has 1 N–H and O–H groups in total. The number of aliphatic hydroxyl groups excluding tert-OH is 1. The van der Waals surface area contributed by atoms with Crippen LogP contribution in [0.1, 0.15) is 34.0 Å². The highest BCUT2D eigenvalue weighted by atomic mass is 16.3. The van der Waals surface area contributed by atoms with Gasteiger partial charge in [0.15, 0.2) is 0 Å². The lowest BCUT2D eigenvalue weighted by Crippen LogP contribution is -2.25. The van der Waals surface area contributed by atoms with E-state index in [9.17, 15) is 9.90 Å². The summed E-state index contributed by atoms with van der Waals surface area (Å²) in [5, 5.41) is 10.3. The van der Waals surface area contributed by atoms with Crippen molar-refractivity contribution in [1.29, 1.82) is 0 Å². The van der Waals surface area contributed by atoms with Crippen LogP contribution in [0.25, 0.3) is 0 Å². The first-order valence-electron chi connectivity index (χ1n) is 7.75. The Morgan fingerprint density at radius 3 is 2.74 bits per heavy atom. The molecule has 2 heterocycles. The van der Waals surface area contributed by atoms with Crippen molar-refractivity contribution in [1.82, 2.24) is 9.88 Å². The fourth-order valence-electron chi connectivity index (χ4n) is 2.87. The zero-order valence-electron chi connectivity index (χ0n) is 13.4. The molecule has 0 saturated carbocycles. The van der Waals surface area contributed by atoms with E-state index in [2.05, 4.69) is 9.88 Å². The maximum absolute atomic E-state index is 11.9. The van der Waals surface area contributed by atoms with Gasteiger partial charge in [-0.2, -0.15) is 0 Å². The van der Waals surface area contributed by atoms with Crippen molar-refractivity contribution in [3.63, 3.8) is 0 Å². The Hall–Kier alpha value is -2.40. The third kappa shape index (κ3) is 3.19. The predicted octanol–water partition coefficient (Wildman–Crippen LogP) is 2.23. The SMILES string of the molecule is CN(C)C(=O)c1ccc(N2CCC(O)c3ccccc3C2)nc1. The predicted molar refractivity (Wildman–Crippen MR) is 89.3 cm³/mol. The van der Waals surface area contributed by atoms with Crippen LogP contribution in [0.4, 0.5) is 5.82 Å². The van der Waals surface area contributed by atoms with Crippen LogP contribution in [0.15, 0.2) is 42.6 Å². The number of rotatable bonds is 2. The van der Waals surface area contributed by atoms with Crippen LogP contribution < -0.4 is 4.90 Å². The molecule has 1 aliphatic rings. The Morgan fingerprint density at radius 2 is 2.04 bits per heavy atom. The minimum atomic E-state index is -0.439. The standard InChI is InChI=1S/C18H21N3O2/c1-20(2)18(23)13-7-8-17(19-11-13)21-10-9-16(22)15-6-4-3-5-14(15)12-21/h3-8,11,16,22H,9-10,12H2,1-2H3. The summed E-state index contributed by atoms with van der Waals surface area (Å²) >= 11 is 0. The molecule has 0 spiro atoms. The van der Waals surface area contributed by atoms with Crippen molar-refractivity contribution < 1.29 is 9.90 Å². The lowest BCUT2D eigenvalue weighted by molar-refractivity contribution is 0.0827. The summed E-state index contributed by atoms with van der Waals surface area (Å²) in [5.74, 6) is 0.768. The average molecular weight is 311 g/mol. The average Bonchev–Trinajstić information content (AvgIpc) is 2.74. The summed E-state index contributed by atoms with van der Waals surface area (Å²) in [5.41, 5.74) is 2.69. The van der Waals surface area contributed by atoms with Crippen LogP contribution >= 0.6 is 0 Å². The fourth-order valence-corrected chi connectivity index (χ4v) is 2.87. The third-order valence-corrected chi connectivity index (χ3v) is 4.17. The van der Waals surface area contributed by atoms with Gasteiger partial charge in [-0.3, -0.25) is 4.79 Å². The first-order chi connectivity index (χ1) is 11.1. The van der Waals surface area contributed by atoms with Gasteiger partial charge >= 0.3 is 0 Å². The van der Waals surface area contributed by atoms with Crippen molar-refractivity contribution in [2.45, 2.75) is 19.1 Å². The van der Waals surface area contributed by atoms with Crippen LogP contribution in [-0.4, -0.2) is 41.5 Å². The molecule has 5 nitrogen and oxygen atoms in total. The Balaban J connectivity index is 1.84. The van der Waals surface area contributed by atoms with Crippen LogP contribution in [-0.2, 0) is 6.54 Å². The first kappa shape index (κ1) is 15.5. The van der Waals surface area contributed by atoms with Gasteiger partial charge in [-0.1, -0.05) is 24.3 Å². The third-order valence-electron chi connectivity index (χ3n) is 4.17. The molecule has 1 atom stereocenters. The van der Waals surface area contributed by atoms with Gasteiger partial charge in [-0.25, -0.2) is 4.98 Å². The molecule has 2 aromatic rings. The Labute approximate surface area is 136 Å². The molecule has 0 saturated heterocycles. The Bertz CT molecular complexity index is 698. The summed E-state index contributed by atoms with van der Waals surface area (Å²) in [6, 6.07) is 11.6. The Morgan fingerprint density at radius 1 is 1.26 bits per heavy atom. The molecule has 0 aliphatic carbocycles. The molecule has 1 amide bonds. The van der Waals surface area contributed by atoms with Gasteiger partial charge in [-0.15, -0.1) is 0 Å². The van der Waals surface area contributed by atoms with Gasteiger partial charge in [0.2, 0.25) is 0 Å². The molecule has 3 rings (SSSR count). The number of nitrogens with zero attached hydrogens (tertiary/aromatic N) is 3. The van der Waals surface area contributed by atoms with E-state index in [1.54, 1.807) is 26.4 Å². The molecule has 1 aromatic carbocycles. The largest absolute Gasteiger partial charge is 0.388 e. The number of benzene rings is 1. The number of aliphatic hydroxyl groups is 1. The normalized spacial score (nSPS) is 17.3. The molecule has 1 aromatic heterocycles. The zero-order valence-corrected chi connectivity index (χ0v) is 13.4. The lowest BCUT2D eigenvalue weighted by atomic mass is 10.0. The minimum absolute atomic E-state index is 0.0549. The highest BCUT2D eigenvalue weighted by molar-refractivity contribution is 5.93. The minimum Gasteiger partial charge on any atom is -0.388 e. The molecule has 23 heavy (non-hydrogen) atoms. The van der Waals surface area contributed by atoms with Gasteiger partial charge in [0.25, 0.3) is 5.91 Å². The number of carbonyl (C=O) groups is 1. The number of hydrogen-bond acceptors (Lipinski definition) is 4. The highest BCUT2D eigenvalue weighted by Crippen LogP contribution is 2.28. The number of pyridine rings is 1. The lowest BCUT2D eigenvalue weighted by Gasteiger charge is -2.22. The monoisotopic (exact) mass is 311 g/mol. The maximum Gasteiger partial charge on any atom is 0.254 e. The Kier molecular flexibility index (Phi) is 4.30. The molecule has 120 valence electrons. The number of anilines is 1. The van der Waals surface area contributed by atoms with Crippen LogP contribution in [0.2, 0.25) is 0 Å². The van der Waals surface area contributed by atoms with Crippen LogP contribution in [0, 0.1) is 0 Å². The summed E-state index contributed by atoms with van der Waals surface area (Å²) < 4.78 is 0. The summed E-state index contributed by atoms with van der Waals surface area (Å²) in [4.78, 5) is 20.0. The smallest absolute Gasteiger partial charge is 0.254 e. The van der Waals surface area contributed by atoms with Crippen molar-refractivity contribution in [2.75, 3.05) is 25.5 Å². The van der Waals surface area contributed by atoms with E-state index < -0.39 is 6.10 Å². The van der Waals surface area contributed by atoms with Crippen LogP contribution in [0.5, 0.6) is 0 Å². The number of hydrogen-bond donors (Lipinski definition) is 1. The van der Waals surface area contributed by atoms with Crippen molar-refractivity contribution >= 4 is 11.7 Å². The summed E-state index contributed by atoms with van der Waals surface area (Å²) in [6.45, 7) is 1.44. The first-order valence-corrected chi connectivity index (χ1v) is 7.75. The molecule has 5 heteroatoms. The van der Waals surface area contributed by atoms with Crippen molar-refractivity contribution in [3.05, 3.63) is 59.3 Å². The molecule has 0 bridgehead atoms.